The maximum atomic E-state index is 11.0. The van der Waals surface area contributed by atoms with E-state index < -0.39 is 0 Å². The van der Waals surface area contributed by atoms with E-state index in [1.165, 1.54) is 84.2 Å². The molecule has 0 fully saturated rings. The highest BCUT2D eigenvalue weighted by molar-refractivity contribution is 5.69. The minimum absolute atomic E-state index is 0.0937. The van der Waals surface area contributed by atoms with Crippen molar-refractivity contribution in [3.8, 4) is 0 Å². The summed E-state index contributed by atoms with van der Waals surface area (Å²) in [4.78, 5) is 13.4. The lowest BCUT2D eigenvalue weighted by Gasteiger charge is -2.15. The molecule has 0 aromatic carbocycles. The largest absolute Gasteiger partial charge is 0.469 e. The Kier molecular flexibility index (Phi) is 17.3. The third kappa shape index (κ3) is 17.6. The van der Waals surface area contributed by atoms with Gasteiger partial charge < -0.3 is 9.64 Å². The van der Waals surface area contributed by atoms with Crippen LogP contribution < -0.4 is 0 Å². The Morgan fingerprint density at radius 1 is 0.739 bits per heavy atom. The lowest BCUT2D eigenvalue weighted by molar-refractivity contribution is -0.140. The number of ether oxygens (including phenoxy) is 1. The van der Waals surface area contributed by atoms with E-state index >= 15 is 0 Å². The number of carbonyl (C=O) groups is 1. The summed E-state index contributed by atoms with van der Waals surface area (Å²) in [6.07, 6.45) is 18.2. The molecule has 138 valence electrons. The molecule has 0 aromatic rings. The van der Waals surface area contributed by atoms with E-state index in [9.17, 15) is 4.79 Å². The Hall–Kier alpha value is -0.570. The molecule has 0 saturated heterocycles. The molecule has 0 aliphatic rings. The summed E-state index contributed by atoms with van der Waals surface area (Å²) in [5.74, 6) is -0.0937. The van der Waals surface area contributed by atoms with Crippen LogP contribution in [0.15, 0.2) is 0 Å². The highest BCUT2D eigenvalue weighted by Crippen LogP contribution is 2.12. The van der Waals surface area contributed by atoms with Crippen molar-refractivity contribution in [2.75, 3.05) is 27.2 Å². The smallest absolute Gasteiger partial charge is 0.305 e. The van der Waals surface area contributed by atoms with Crippen molar-refractivity contribution in [3.05, 3.63) is 0 Å². The quantitative estimate of drug-likeness (QED) is 0.258. The van der Waals surface area contributed by atoms with Crippen molar-refractivity contribution in [2.45, 2.75) is 96.8 Å². The number of rotatable bonds is 17. The molecule has 3 heteroatoms. The number of esters is 1. The molecule has 0 unspecified atom stereocenters. The van der Waals surface area contributed by atoms with Gasteiger partial charge in [0.2, 0.25) is 0 Å². The van der Waals surface area contributed by atoms with Crippen molar-refractivity contribution in [3.63, 3.8) is 0 Å². The molecule has 0 heterocycles. The van der Waals surface area contributed by atoms with E-state index in [1.54, 1.807) is 0 Å². The van der Waals surface area contributed by atoms with Crippen LogP contribution in [0.4, 0.5) is 0 Å². The summed E-state index contributed by atoms with van der Waals surface area (Å²) in [7, 11) is 3.61. The van der Waals surface area contributed by atoms with Crippen LogP contribution in [-0.4, -0.2) is 38.1 Å². The van der Waals surface area contributed by atoms with Crippen molar-refractivity contribution in [1.82, 2.24) is 4.90 Å². The summed E-state index contributed by atoms with van der Waals surface area (Å²) < 4.78 is 4.65. The Bertz CT molecular complexity index is 256. The van der Waals surface area contributed by atoms with E-state index in [4.69, 9.17) is 0 Å². The van der Waals surface area contributed by atoms with Crippen molar-refractivity contribution in [1.29, 1.82) is 0 Å². The lowest BCUT2D eigenvalue weighted by Crippen LogP contribution is -2.21. The molecule has 0 bridgehead atoms. The summed E-state index contributed by atoms with van der Waals surface area (Å²) >= 11 is 0. The van der Waals surface area contributed by atoms with Gasteiger partial charge in [-0.25, -0.2) is 0 Å². The molecule has 0 spiro atoms. The van der Waals surface area contributed by atoms with Crippen molar-refractivity contribution >= 4 is 5.97 Å². The van der Waals surface area contributed by atoms with Gasteiger partial charge in [-0.1, -0.05) is 77.6 Å². The zero-order valence-electron chi connectivity index (χ0n) is 16.1. The van der Waals surface area contributed by atoms with Gasteiger partial charge >= 0.3 is 5.97 Å². The van der Waals surface area contributed by atoms with Crippen LogP contribution in [0.5, 0.6) is 0 Å². The van der Waals surface area contributed by atoms with Gasteiger partial charge in [-0.3, -0.25) is 4.79 Å². The van der Waals surface area contributed by atoms with Crippen LogP contribution >= 0.6 is 0 Å². The zero-order valence-corrected chi connectivity index (χ0v) is 16.1. The minimum atomic E-state index is -0.0937. The molecule has 0 N–H and O–H groups in total. The van der Waals surface area contributed by atoms with Crippen LogP contribution in [0.1, 0.15) is 96.8 Å². The molecule has 0 radical (unpaired) electrons. The highest BCUT2D eigenvalue weighted by atomic mass is 16.5. The van der Waals surface area contributed by atoms with E-state index in [0.717, 1.165) is 19.5 Å². The van der Waals surface area contributed by atoms with E-state index in [2.05, 4.69) is 23.6 Å². The Morgan fingerprint density at radius 3 is 1.65 bits per heavy atom. The summed E-state index contributed by atoms with van der Waals surface area (Å²) in [5, 5.41) is 0. The number of hydrogen-bond donors (Lipinski definition) is 0. The first-order chi connectivity index (χ1) is 11.2. The fourth-order valence-corrected chi connectivity index (χ4v) is 2.93. The predicted octanol–water partition coefficient (Wildman–Crippen LogP) is 5.57. The molecule has 23 heavy (non-hydrogen) atoms. The number of carbonyl (C=O) groups excluding carboxylic acids is 1. The first-order valence-corrected chi connectivity index (χ1v) is 9.96. The van der Waals surface area contributed by atoms with Crippen LogP contribution in [0.25, 0.3) is 0 Å². The molecular weight excluding hydrogens is 286 g/mol. The SMILES string of the molecule is CCCCCCCCCCCCCCN(C)CCCC(=O)OC. The second-order valence-electron chi connectivity index (χ2n) is 6.87. The molecule has 3 nitrogen and oxygen atoms in total. The maximum absolute atomic E-state index is 11.0. The van der Waals surface area contributed by atoms with E-state index in [0.29, 0.717) is 6.42 Å². The second kappa shape index (κ2) is 17.8. The zero-order chi connectivity index (χ0) is 17.2. The summed E-state index contributed by atoms with van der Waals surface area (Å²) in [5.41, 5.74) is 0. The normalized spacial score (nSPS) is 11.1. The second-order valence-corrected chi connectivity index (χ2v) is 6.87. The van der Waals surface area contributed by atoms with Crippen LogP contribution in [0.2, 0.25) is 0 Å². The van der Waals surface area contributed by atoms with Crippen molar-refractivity contribution < 1.29 is 9.53 Å². The Morgan fingerprint density at radius 2 is 1.17 bits per heavy atom. The number of nitrogens with zero attached hydrogens (tertiary/aromatic N) is 1. The predicted molar refractivity (Wildman–Crippen MR) is 99.8 cm³/mol. The fraction of sp³-hybridized carbons (Fsp3) is 0.950. The fourth-order valence-electron chi connectivity index (χ4n) is 2.93. The first kappa shape index (κ1) is 22.4. The number of unbranched alkanes of at least 4 members (excludes halogenated alkanes) is 11. The molecule has 0 aliphatic carbocycles. The van der Waals surface area contributed by atoms with Gasteiger partial charge in [-0.2, -0.15) is 0 Å². The number of hydrogen-bond acceptors (Lipinski definition) is 3. The third-order valence-electron chi connectivity index (χ3n) is 4.54. The minimum Gasteiger partial charge on any atom is -0.469 e. The van der Waals surface area contributed by atoms with Gasteiger partial charge in [-0.05, 0) is 33.0 Å². The van der Waals surface area contributed by atoms with Crippen molar-refractivity contribution in [2.24, 2.45) is 0 Å². The summed E-state index contributed by atoms with van der Waals surface area (Å²) in [6, 6.07) is 0. The van der Waals surface area contributed by atoms with Gasteiger partial charge in [0.15, 0.2) is 0 Å². The van der Waals surface area contributed by atoms with Gasteiger partial charge in [-0.15, -0.1) is 0 Å². The Labute approximate surface area is 145 Å². The molecule has 0 aliphatic heterocycles. The van der Waals surface area contributed by atoms with E-state index in [-0.39, 0.29) is 5.97 Å². The van der Waals surface area contributed by atoms with Crippen LogP contribution in [0.3, 0.4) is 0 Å². The first-order valence-electron chi connectivity index (χ1n) is 9.96. The van der Waals surface area contributed by atoms with Gasteiger partial charge in [0.1, 0.15) is 0 Å². The topological polar surface area (TPSA) is 29.5 Å². The van der Waals surface area contributed by atoms with Crippen LogP contribution in [0, 0.1) is 0 Å². The van der Waals surface area contributed by atoms with E-state index in [1.807, 2.05) is 0 Å². The summed E-state index contributed by atoms with van der Waals surface area (Å²) in [6.45, 7) is 4.42. The van der Waals surface area contributed by atoms with Gasteiger partial charge in [0, 0.05) is 6.42 Å². The average Bonchev–Trinajstić information content (AvgIpc) is 2.55. The third-order valence-corrected chi connectivity index (χ3v) is 4.54. The van der Waals surface area contributed by atoms with Gasteiger partial charge in [0.25, 0.3) is 0 Å². The molecule has 0 atom stereocenters. The molecule has 0 rings (SSSR count). The molecular formula is C20H41NO2. The molecule has 0 aromatic heterocycles. The standard InChI is InChI=1S/C20H41NO2/c1-4-5-6-7-8-9-10-11-12-13-14-15-18-21(2)19-16-17-20(22)23-3/h4-19H2,1-3H3. The van der Waals surface area contributed by atoms with Crippen LogP contribution in [-0.2, 0) is 9.53 Å². The average molecular weight is 328 g/mol. The monoisotopic (exact) mass is 327 g/mol. The van der Waals surface area contributed by atoms with Gasteiger partial charge in [0.05, 0.1) is 7.11 Å². The molecule has 0 amide bonds. The number of methoxy groups -OCH3 is 1. The highest BCUT2D eigenvalue weighted by Gasteiger charge is 2.02. The molecule has 0 saturated carbocycles. The Balaban J connectivity index is 3.16. The lowest BCUT2D eigenvalue weighted by atomic mass is 10.1. The maximum Gasteiger partial charge on any atom is 0.305 e.